The smallest absolute Gasteiger partial charge is 0.287 e. The molecule has 6 nitrogen and oxygen atoms in total. The molecule has 1 aromatic rings. The first-order chi connectivity index (χ1) is 11.6. The molecule has 0 radical (unpaired) electrons. The fourth-order valence-corrected chi connectivity index (χ4v) is 3.48. The van der Waals surface area contributed by atoms with Crippen molar-refractivity contribution < 1.29 is 14.0 Å². The Morgan fingerprint density at radius 1 is 1.12 bits per heavy atom. The van der Waals surface area contributed by atoms with Crippen molar-refractivity contribution in [1.82, 2.24) is 15.1 Å². The third-order valence-corrected chi connectivity index (χ3v) is 4.95. The number of carbonyl (C=O) groups is 2. The summed E-state index contributed by atoms with van der Waals surface area (Å²) in [6, 6.07) is 3.66. The van der Waals surface area contributed by atoms with Crippen molar-refractivity contribution in [3.63, 3.8) is 0 Å². The first kappa shape index (κ1) is 17.0. The molecule has 2 saturated heterocycles. The number of carbonyl (C=O) groups excluding carboxylic acids is 2. The van der Waals surface area contributed by atoms with E-state index >= 15 is 0 Å². The van der Waals surface area contributed by atoms with Crippen LogP contribution in [0.25, 0.3) is 0 Å². The summed E-state index contributed by atoms with van der Waals surface area (Å²) >= 11 is 0. The van der Waals surface area contributed by atoms with E-state index < -0.39 is 0 Å². The summed E-state index contributed by atoms with van der Waals surface area (Å²) in [5.74, 6) is 1.22. The van der Waals surface area contributed by atoms with Crippen molar-refractivity contribution in [3.05, 3.63) is 23.7 Å². The highest BCUT2D eigenvalue weighted by Gasteiger charge is 2.25. The lowest BCUT2D eigenvalue weighted by Crippen LogP contribution is -2.48. The average Bonchev–Trinajstić information content (AvgIpc) is 3.04. The molecule has 0 aromatic carbocycles. The maximum absolute atomic E-state index is 12.3. The largest absolute Gasteiger partial charge is 0.456 e. The molecular weight excluding hydrogens is 306 g/mol. The van der Waals surface area contributed by atoms with E-state index in [1.165, 1.54) is 6.42 Å². The Kier molecular flexibility index (Phi) is 5.56. The summed E-state index contributed by atoms with van der Waals surface area (Å²) in [6.07, 6.45) is 5.25. The molecule has 2 aliphatic rings. The van der Waals surface area contributed by atoms with Gasteiger partial charge in [0.05, 0.1) is 6.54 Å². The Hall–Kier alpha value is -1.82. The highest BCUT2D eigenvalue weighted by molar-refractivity contribution is 5.91. The standard InChI is InChI=1S/C18H27N3O3/c1-14-5-6-16(24-14)18(23)19-15-7-11-20(12-8-15)13-17(22)21-9-3-2-4-10-21/h5-6,15H,2-4,7-13H2,1H3,(H,19,23). The van der Waals surface area contributed by atoms with E-state index in [2.05, 4.69) is 10.2 Å². The van der Waals surface area contributed by atoms with Crippen LogP contribution in [0.1, 0.15) is 48.4 Å². The Balaban J connectivity index is 1.40. The number of aryl methyl sites for hydroxylation is 1. The number of rotatable bonds is 4. The Morgan fingerprint density at radius 3 is 2.46 bits per heavy atom. The summed E-state index contributed by atoms with van der Waals surface area (Å²) in [5.41, 5.74) is 0. The van der Waals surface area contributed by atoms with Crippen LogP contribution in [-0.2, 0) is 4.79 Å². The minimum absolute atomic E-state index is 0.147. The van der Waals surface area contributed by atoms with Gasteiger partial charge in [-0.3, -0.25) is 14.5 Å². The lowest BCUT2D eigenvalue weighted by atomic mass is 10.0. The van der Waals surface area contributed by atoms with Gasteiger partial charge in [-0.1, -0.05) is 0 Å². The van der Waals surface area contributed by atoms with Gasteiger partial charge >= 0.3 is 0 Å². The molecule has 2 fully saturated rings. The number of piperidine rings is 2. The van der Waals surface area contributed by atoms with E-state index in [9.17, 15) is 9.59 Å². The minimum atomic E-state index is -0.147. The first-order valence-electron chi connectivity index (χ1n) is 8.99. The van der Waals surface area contributed by atoms with Crippen LogP contribution in [0.15, 0.2) is 16.5 Å². The summed E-state index contributed by atoms with van der Waals surface area (Å²) in [6.45, 7) is 5.86. The normalized spacial score (nSPS) is 20.1. The summed E-state index contributed by atoms with van der Waals surface area (Å²) in [7, 11) is 0. The summed E-state index contributed by atoms with van der Waals surface area (Å²) < 4.78 is 5.36. The zero-order valence-electron chi connectivity index (χ0n) is 14.4. The van der Waals surface area contributed by atoms with Gasteiger partial charge < -0.3 is 14.6 Å². The van der Waals surface area contributed by atoms with Crippen molar-refractivity contribution in [3.8, 4) is 0 Å². The molecule has 0 bridgehead atoms. The van der Waals surface area contributed by atoms with Gasteiger partial charge in [0.1, 0.15) is 5.76 Å². The lowest BCUT2D eigenvalue weighted by Gasteiger charge is -2.34. The van der Waals surface area contributed by atoms with E-state index in [1.54, 1.807) is 12.1 Å². The van der Waals surface area contributed by atoms with Crippen LogP contribution < -0.4 is 5.32 Å². The summed E-state index contributed by atoms with van der Waals surface area (Å²) in [5, 5.41) is 3.03. The van der Waals surface area contributed by atoms with Crippen molar-refractivity contribution in [1.29, 1.82) is 0 Å². The molecular formula is C18H27N3O3. The molecule has 0 spiro atoms. The Morgan fingerprint density at radius 2 is 1.83 bits per heavy atom. The molecule has 0 atom stereocenters. The molecule has 0 saturated carbocycles. The van der Waals surface area contributed by atoms with Gasteiger partial charge in [0.15, 0.2) is 5.76 Å². The van der Waals surface area contributed by atoms with Crippen LogP contribution in [0.3, 0.4) is 0 Å². The zero-order valence-corrected chi connectivity index (χ0v) is 14.4. The van der Waals surface area contributed by atoms with E-state index in [0.29, 0.717) is 12.3 Å². The number of furan rings is 1. The van der Waals surface area contributed by atoms with Gasteiger partial charge in [0, 0.05) is 32.2 Å². The second-order valence-corrected chi connectivity index (χ2v) is 6.88. The van der Waals surface area contributed by atoms with E-state index in [-0.39, 0.29) is 17.9 Å². The second kappa shape index (κ2) is 7.83. The maximum Gasteiger partial charge on any atom is 0.287 e. The second-order valence-electron chi connectivity index (χ2n) is 6.88. The molecule has 6 heteroatoms. The van der Waals surface area contributed by atoms with Crippen LogP contribution >= 0.6 is 0 Å². The van der Waals surface area contributed by atoms with E-state index in [1.807, 2.05) is 11.8 Å². The molecule has 3 rings (SSSR count). The minimum Gasteiger partial charge on any atom is -0.456 e. The Labute approximate surface area is 143 Å². The van der Waals surface area contributed by atoms with Gasteiger partial charge in [-0.25, -0.2) is 0 Å². The highest BCUT2D eigenvalue weighted by atomic mass is 16.3. The van der Waals surface area contributed by atoms with Gasteiger partial charge in [-0.05, 0) is 51.2 Å². The van der Waals surface area contributed by atoms with Gasteiger partial charge in [0.2, 0.25) is 5.91 Å². The zero-order chi connectivity index (χ0) is 16.9. The monoisotopic (exact) mass is 333 g/mol. The quantitative estimate of drug-likeness (QED) is 0.912. The molecule has 2 amide bonds. The predicted molar refractivity (Wildman–Crippen MR) is 90.8 cm³/mol. The molecule has 1 N–H and O–H groups in total. The van der Waals surface area contributed by atoms with Crippen LogP contribution in [0.2, 0.25) is 0 Å². The molecule has 2 aliphatic heterocycles. The third kappa shape index (κ3) is 4.38. The van der Waals surface area contributed by atoms with Gasteiger partial charge in [0.25, 0.3) is 5.91 Å². The number of likely N-dealkylation sites (tertiary alicyclic amines) is 2. The summed E-state index contributed by atoms with van der Waals surface area (Å²) in [4.78, 5) is 28.6. The molecule has 24 heavy (non-hydrogen) atoms. The lowest BCUT2D eigenvalue weighted by molar-refractivity contribution is -0.133. The van der Waals surface area contributed by atoms with Crippen LogP contribution in [0.5, 0.6) is 0 Å². The predicted octanol–water partition coefficient (Wildman–Crippen LogP) is 1.79. The molecule has 0 aliphatic carbocycles. The van der Waals surface area contributed by atoms with Gasteiger partial charge in [-0.2, -0.15) is 0 Å². The number of hydrogen-bond acceptors (Lipinski definition) is 4. The van der Waals surface area contributed by atoms with Crippen molar-refractivity contribution in [2.75, 3.05) is 32.7 Å². The fraction of sp³-hybridized carbons (Fsp3) is 0.667. The van der Waals surface area contributed by atoms with Crippen LogP contribution in [0.4, 0.5) is 0 Å². The first-order valence-corrected chi connectivity index (χ1v) is 8.99. The highest BCUT2D eigenvalue weighted by Crippen LogP contribution is 2.14. The SMILES string of the molecule is Cc1ccc(C(=O)NC2CCN(CC(=O)N3CCCCC3)CC2)o1. The average molecular weight is 333 g/mol. The maximum atomic E-state index is 12.3. The molecule has 1 aromatic heterocycles. The topological polar surface area (TPSA) is 65.8 Å². The molecule has 3 heterocycles. The van der Waals surface area contributed by atoms with Crippen LogP contribution in [0, 0.1) is 6.92 Å². The number of nitrogens with one attached hydrogen (secondary N) is 1. The number of nitrogens with zero attached hydrogens (tertiary/aromatic N) is 2. The van der Waals surface area contributed by atoms with Gasteiger partial charge in [-0.15, -0.1) is 0 Å². The fourth-order valence-electron chi connectivity index (χ4n) is 3.48. The number of amides is 2. The molecule has 132 valence electrons. The number of hydrogen-bond donors (Lipinski definition) is 1. The Bertz CT molecular complexity index is 570. The van der Waals surface area contributed by atoms with E-state index in [0.717, 1.165) is 57.6 Å². The van der Waals surface area contributed by atoms with E-state index in [4.69, 9.17) is 4.42 Å². The molecule has 0 unspecified atom stereocenters. The van der Waals surface area contributed by atoms with Crippen molar-refractivity contribution in [2.24, 2.45) is 0 Å². The third-order valence-electron chi connectivity index (χ3n) is 4.95. The van der Waals surface area contributed by atoms with Crippen molar-refractivity contribution in [2.45, 2.75) is 45.1 Å². The van der Waals surface area contributed by atoms with Crippen LogP contribution in [-0.4, -0.2) is 60.4 Å². The van der Waals surface area contributed by atoms with Crippen molar-refractivity contribution >= 4 is 11.8 Å².